The summed E-state index contributed by atoms with van der Waals surface area (Å²) in [6.45, 7) is 2.10. The molecule has 86 valence electrons. The van der Waals surface area contributed by atoms with E-state index < -0.39 is 17.7 Å². The third-order valence-corrected chi connectivity index (χ3v) is 2.67. The Morgan fingerprint density at radius 3 is 2.75 bits per heavy atom. The summed E-state index contributed by atoms with van der Waals surface area (Å²) in [5.41, 5.74) is 6.06. The zero-order valence-corrected chi connectivity index (χ0v) is 8.97. The van der Waals surface area contributed by atoms with E-state index in [1.54, 1.807) is 13.0 Å². The van der Waals surface area contributed by atoms with Crippen LogP contribution in [0.1, 0.15) is 23.6 Å². The number of halogens is 2. The van der Waals surface area contributed by atoms with E-state index in [9.17, 15) is 8.78 Å². The third-order valence-electron chi connectivity index (χ3n) is 2.67. The van der Waals surface area contributed by atoms with Crippen molar-refractivity contribution in [1.82, 2.24) is 0 Å². The van der Waals surface area contributed by atoms with Crippen LogP contribution in [0.15, 0.2) is 24.0 Å². The van der Waals surface area contributed by atoms with Crippen LogP contribution in [0, 0.1) is 18.6 Å². The Bertz CT molecular complexity index is 443. The first-order chi connectivity index (χ1) is 7.61. The Labute approximate surface area is 92.7 Å². The van der Waals surface area contributed by atoms with E-state index in [-0.39, 0.29) is 5.56 Å². The maximum absolute atomic E-state index is 13.8. The summed E-state index contributed by atoms with van der Waals surface area (Å²) in [5.74, 6) is -0.778. The summed E-state index contributed by atoms with van der Waals surface area (Å²) in [6.07, 6.45) is 2.50. The third kappa shape index (κ3) is 1.80. The van der Waals surface area contributed by atoms with Gasteiger partial charge in [0.1, 0.15) is 17.4 Å². The summed E-state index contributed by atoms with van der Waals surface area (Å²) < 4.78 is 32.5. The van der Waals surface area contributed by atoms with Gasteiger partial charge in [-0.2, -0.15) is 0 Å². The van der Waals surface area contributed by atoms with Gasteiger partial charge in [-0.05, 0) is 24.6 Å². The molecule has 2 N–H and O–H groups in total. The van der Waals surface area contributed by atoms with E-state index in [4.69, 9.17) is 10.5 Å². The van der Waals surface area contributed by atoms with Gasteiger partial charge >= 0.3 is 0 Å². The van der Waals surface area contributed by atoms with Crippen LogP contribution in [0.5, 0.6) is 0 Å². The standard InChI is InChI=1S/C12H13F2NO/c1-7-4-5-8(13)10(11(7)14)12(15)9-3-2-6-16-9/h3-5,12H,2,6,15H2,1H3. The highest BCUT2D eigenvalue weighted by atomic mass is 19.1. The molecule has 0 bridgehead atoms. The van der Waals surface area contributed by atoms with Crippen molar-refractivity contribution in [3.63, 3.8) is 0 Å². The monoisotopic (exact) mass is 225 g/mol. The molecule has 1 aliphatic heterocycles. The molecule has 0 aliphatic carbocycles. The molecule has 0 fully saturated rings. The summed E-state index contributed by atoms with van der Waals surface area (Å²) in [6, 6.07) is 1.76. The molecule has 1 aliphatic rings. The molecule has 2 rings (SSSR count). The summed E-state index contributed by atoms with van der Waals surface area (Å²) in [4.78, 5) is 0. The summed E-state index contributed by atoms with van der Waals surface area (Å²) in [7, 11) is 0. The second kappa shape index (κ2) is 4.22. The van der Waals surface area contributed by atoms with Crippen LogP contribution in [-0.2, 0) is 4.74 Å². The maximum atomic E-state index is 13.8. The van der Waals surface area contributed by atoms with Gasteiger partial charge in [-0.15, -0.1) is 0 Å². The van der Waals surface area contributed by atoms with Gasteiger partial charge in [-0.25, -0.2) is 8.78 Å². The molecule has 1 unspecified atom stereocenters. The molecule has 1 heterocycles. The lowest BCUT2D eigenvalue weighted by molar-refractivity contribution is 0.223. The van der Waals surface area contributed by atoms with Crippen LogP contribution in [0.4, 0.5) is 8.78 Å². The molecule has 0 amide bonds. The quantitative estimate of drug-likeness (QED) is 0.839. The SMILES string of the molecule is Cc1ccc(F)c(C(N)C2=CCCO2)c1F. The first kappa shape index (κ1) is 11.1. The number of benzene rings is 1. The van der Waals surface area contributed by atoms with Crippen LogP contribution < -0.4 is 5.73 Å². The van der Waals surface area contributed by atoms with Crippen molar-refractivity contribution >= 4 is 0 Å². The largest absolute Gasteiger partial charge is 0.496 e. The zero-order valence-electron chi connectivity index (χ0n) is 8.97. The predicted octanol–water partition coefficient (Wildman–Crippen LogP) is 2.58. The van der Waals surface area contributed by atoms with E-state index in [0.29, 0.717) is 17.9 Å². The number of ether oxygens (including phenoxy) is 1. The zero-order chi connectivity index (χ0) is 11.7. The van der Waals surface area contributed by atoms with Crippen molar-refractivity contribution < 1.29 is 13.5 Å². The molecule has 1 atom stereocenters. The molecule has 0 aromatic heterocycles. The first-order valence-corrected chi connectivity index (χ1v) is 5.14. The average Bonchev–Trinajstić information content (AvgIpc) is 2.77. The fourth-order valence-corrected chi connectivity index (χ4v) is 1.76. The van der Waals surface area contributed by atoms with Crippen LogP contribution in [0.2, 0.25) is 0 Å². The van der Waals surface area contributed by atoms with Crippen LogP contribution in [0.25, 0.3) is 0 Å². The highest BCUT2D eigenvalue weighted by Crippen LogP contribution is 2.29. The highest BCUT2D eigenvalue weighted by Gasteiger charge is 2.24. The Kier molecular flexibility index (Phi) is 2.92. The maximum Gasteiger partial charge on any atom is 0.134 e. The fraction of sp³-hybridized carbons (Fsp3) is 0.333. The molecule has 1 aromatic rings. The van der Waals surface area contributed by atoms with Gasteiger partial charge in [-0.1, -0.05) is 6.07 Å². The smallest absolute Gasteiger partial charge is 0.134 e. The van der Waals surface area contributed by atoms with E-state index in [1.165, 1.54) is 12.1 Å². The predicted molar refractivity (Wildman–Crippen MR) is 56.7 cm³/mol. The number of rotatable bonds is 2. The van der Waals surface area contributed by atoms with Crippen LogP contribution >= 0.6 is 0 Å². The Morgan fingerprint density at radius 2 is 2.12 bits per heavy atom. The normalized spacial score (nSPS) is 16.9. The van der Waals surface area contributed by atoms with Gasteiger partial charge < -0.3 is 10.5 Å². The van der Waals surface area contributed by atoms with Crippen molar-refractivity contribution in [3.8, 4) is 0 Å². The topological polar surface area (TPSA) is 35.2 Å². The molecular weight excluding hydrogens is 212 g/mol. The number of nitrogens with two attached hydrogens (primary N) is 1. The summed E-state index contributed by atoms with van der Waals surface area (Å²) in [5, 5.41) is 0. The van der Waals surface area contributed by atoms with Crippen molar-refractivity contribution in [2.24, 2.45) is 5.73 Å². The molecule has 0 saturated carbocycles. The van der Waals surface area contributed by atoms with Gasteiger partial charge in [0.05, 0.1) is 12.6 Å². The lowest BCUT2D eigenvalue weighted by atomic mass is 10.0. The average molecular weight is 225 g/mol. The minimum atomic E-state index is -0.859. The van der Waals surface area contributed by atoms with E-state index in [0.717, 1.165) is 6.42 Å². The van der Waals surface area contributed by atoms with Crippen molar-refractivity contribution in [2.75, 3.05) is 6.61 Å². The summed E-state index contributed by atoms with van der Waals surface area (Å²) >= 11 is 0. The van der Waals surface area contributed by atoms with Crippen molar-refractivity contribution in [2.45, 2.75) is 19.4 Å². The second-order valence-corrected chi connectivity index (χ2v) is 3.81. The minimum absolute atomic E-state index is 0.117. The van der Waals surface area contributed by atoms with Gasteiger partial charge in [0.15, 0.2) is 0 Å². The van der Waals surface area contributed by atoms with E-state index in [2.05, 4.69) is 0 Å². The Morgan fingerprint density at radius 1 is 1.38 bits per heavy atom. The molecular formula is C12H13F2NO. The molecule has 0 saturated heterocycles. The molecule has 16 heavy (non-hydrogen) atoms. The van der Waals surface area contributed by atoms with Gasteiger partial charge in [0.2, 0.25) is 0 Å². The lowest BCUT2D eigenvalue weighted by Crippen LogP contribution is -2.17. The Balaban J connectivity index is 2.42. The molecule has 1 aromatic carbocycles. The van der Waals surface area contributed by atoms with E-state index in [1.807, 2.05) is 0 Å². The molecule has 2 nitrogen and oxygen atoms in total. The number of aryl methyl sites for hydroxylation is 1. The Hall–Kier alpha value is -1.42. The first-order valence-electron chi connectivity index (χ1n) is 5.14. The van der Waals surface area contributed by atoms with Crippen molar-refractivity contribution in [3.05, 3.63) is 46.7 Å². The van der Waals surface area contributed by atoms with Crippen LogP contribution in [0.3, 0.4) is 0 Å². The minimum Gasteiger partial charge on any atom is -0.496 e. The van der Waals surface area contributed by atoms with E-state index >= 15 is 0 Å². The van der Waals surface area contributed by atoms with Gasteiger partial charge in [0, 0.05) is 12.0 Å². The van der Waals surface area contributed by atoms with Gasteiger partial charge in [-0.3, -0.25) is 0 Å². The molecule has 0 spiro atoms. The van der Waals surface area contributed by atoms with Crippen LogP contribution in [-0.4, -0.2) is 6.61 Å². The highest BCUT2D eigenvalue weighted by molar-refractivity contribution is 5.33. The number of hydrogen-bond acceptors (Lipinski definition) is 2. The molecule has 0 radical (unpaired) electrons. The van der Waals surface area contributed by atoms with Gasteiger partial charge in [0.25, 0.3) is 0 Å². The second-order valence-electron chi connectivity index (χ2n) is 3.81. The fourth-order valence-electron chi connectivity index (χ4n) is 1.76. The molecule has 4 heteroatoms. The van der Waals surface area contributed by atoms with Crippen molar-refractivity contribution in [1.29, 1.82) is 0 Å². The lowest BCUT2D eigenvalue weighted by Gasteiger charge is -2.16. The number of hydrogen-bond donors (Lipinski definition) is 1.